The van der Waals surface area contributed by atoms with Crippen molar-refractivity contribution in [2.24, 2.45) is 5.92 Å². The summed E-state index contributed by atoms with van der Waals surface area (Å²) in [7, 11) is 0. The standard InChI is InChI=1S/C10H15N3OS/c1-7(2)10(15-3)13-9(14)8-6-11-4-5-12-8/h4-7,10H,1-3H3,(H,13,14)/t10-/m1/s1. The lowest BCUT2D eigenvalue weighted by Gasteiger charge is -2.19. The first-order chi connectivity index (χ1) is 7.15. The predicted octanol–water partition coefficient (Wildman–Crippen LogP) is 1.55. The number of nitrogens with zero attached hydrogens (tertiary/aromatic N) is 2. The zero-order chi connectivity index (χ0) is 11.3. The fourth-order valence-corrected chi connectivity index (χ4v) is 1.89. The SMILES string of the molecule is CS[C@@H](NC(=O)c1cnccn1)C(C)C. The van der Waals surface area contributed by atoms with Crippen LogP contribution >= 0.6 is 11.8 Å². The largest absolute Gasteiger partial charge is 0.339 e. The number of amides is 1. The highest BCUT2D eigenvalue weighted by Gasteiger charge is 2.16. The van der Waals surface area contributed by atoms with E-state index in [0.29, 0.717) is 11.6 Å². The molecule has 5 heteroatoms. The summed E-state index contributed by atoms with van der Waals surface area (Å²) in [5.74, 6) is 0.219. The molecule has 1 aromatic rings. The van der Waals surface area contributed by atoms with Gasteiger partial charge in [0.25, 0.3) is 5.91 Å². The highest BCUT2D eigenvalue weighted by molar-refractivity contribution is 7.99. The molecule has 1 heterocycles. The van der Waals surface area contributed by atoms with Crippen molar-refractivity contribution in [2.75, 3.05) is 6.26 Å². The van der Waals surface area contributed by atoms with Crippen LogP contribution in [0.5, 0.6) is 0 Å². The Morgan fingerprint density at radius 2 is 2.20 bits per heavy atom. The fraction of sp³-hybridized carbons (Fsp3) is 0.500. The molecule has 1 aromatic heterocycles. The summed E-state index contributed by atoms with van der Waals surface area (Å²) in [6.07, 6.45) is 6.50. The molecule has 1 N–H and O–H groups in total. The Kier molecular flexibility index (Phi) is 4.55. The lowest BCUT2D eigenvalue weighted by molar-refractivity contribution is 0.0938. The summed E-state index contributed by atoms with van der Waals surface area (Å²) >= 11 is 1.62. The second-order valence-corrected chi connectivity index (χ2v) is 4.44. The van der Waals surface area contributed by atoms with Crippen molar-refractivity contribution in [3.63, 3.8) is 0 Å². The average molecular weight is 225 g/mol. The molecule has 0 aromatic carbocycles. The van der Waals surface area contributed by atoms with E-state index in [1.165, 1.54) is 12.4 Å². The predicted molar refractivity (Wildman–Crippen MR) is 61.6 cm³/mol. The summed E-state index contributed by atoms with van der Waals surface area (Å²) in [5, 5.41) is 3.01. The van der Waals surface area contributed by atoms with E-state index in [1.54, 1.807) is 18.0 Å². The molecular formula is C10H15N3OS. The van der Waals surface area contributed by atoms with Crippen molar-refractivity contribution in [2.45, 2.75) is 19.2 Å². The Morgan fingerprint density at radius 1 is 1.47 bits per heavy atom. The zero-order valence-electron chi connectivity index (χ0n) is 9.10. The number of hydrogen-bond acceptors (Lipinski definition) is 4. The van der Waals surface area contributed by atoms with Crippen LogP contribution in [0.3, 0.4) is 0 Å². The van der Waals surface area contributed by atoms with E-state index in [-0.39, 0.29) is 11.3 Å². The van der Waals surface area contributed by atoms with Crippen LogP contribution in [-0.2, 0) is 0 Å². The Morgan fingerprint density at radius 3 is 2.67 bits per heavy atom. The quantitative estimate of drug-likeness (QED) is 0.790. The smallest absolute Gasteiger partial charge is 0.272 e. The molecule has 0 bridgehead atoms. The third-order valence-electron chi connectivity index (χ3n) is 1.93. The van der Waals surface area contributed by atoms with Gasteiger partial charge in [0.1, 0.15) is 5.69 Å². The maximum Gasteiger partial charge on any atom is 0.272 e. The minimum atomic E-state index is -0.170. The Balaban J connectivity index is 2.63. The van der Waals surface area contributed by atoms with Crippen molar-refractivity contribution in [1.82, 2.24) is 15.3 Å². The van der Waals surface area contributed by atoms with Gasteiger partial charge >= 0.3 is 0 Å². The topological polar surface area (TPSA) is 54.9 Å². The van der Waals surface area contributed by atoms with E-state index in [0.717, 1.165) is 0 Å². The second-order valence-electron chi connectivity index (χ2n) is 3.46. The fourth-order valence-electron chi connectivity index (χ4n) is 1.12. The molecule has 0 saturated heterocycles. The van der Waals surface area contributed by atoms with Crippen molar-refractivity contribution < 1.29 is 4.79 Å². The molecule has 15 heavy (non-hydrogen) atoms. The molecule has 0 radical (unpaired) electrons. The van der Waals surface area contributed by atoms with Crippen molar-refractivity contribution in [3.8, 4) is 0 Å². The number of aromatic nitrogens is 2. The molecule has 0 aliphatic heterocycles. The second kappa shape index (κ2) is 5.70. The van der Waals surface area contributed by atoms with Crippen LogP contribution in [0.25, 0.3) is 0 Å². The van der Waals surface area contributed by atoms with Crippen molar-refractivity contribution >= 4 is 17.7 Å². The molecule has 4 nitrogen and oxygen atoms in total. The number of thioether (sulfide) groups is 1. The van der Waals surface area contributed by atoms with Crippen molar-refractivity contribution in [1.29, 1.82) is 0 Å². The van der Waals surface area contributed by atoms with E-state index < -0.39 is 0 Å². The van der Waals surface area contributed by atoms with Gasteiger partial charge in [-0.25, -0.2) is 4.98 Å². The van der Waals surface area contributed by atoms with Gasteiger partial charge < -0.3 is 5.32 Å². The van der Waals surface area contributed by atoms with Gasteiger partial charge in [-0.3, -0.25) is 9.78 Å². The lowest BCUT2D eigenvalue weighted by atomic mass is 10.2. The van der Waals surface area contributed by atoms with Gasteiger partial charge in [0.2, 0.25) is 0 Å². The average Bonchev–Trinajstić information content (AvgIpc) is 2.26. The van der Waals surface area contributed by atoms with Crippen LogP contribution in [0.15, 0.2) is 18.6 Å². The van der Waals surface area contributed by atoms with Crippen LogP contribution in [0.1, 0.15) is 24.3 Å². The number of hydrogen-bond donors (Lipinski definition) is 1. The molecule has 0 saturated carbocycles. The first-order valence-electron chi connectivity index (χ1n) is 4.74. The molecule has 82 valence electrons. The van der Waals surface area contributed by atoms with E-state index in [1.807, 2.05) is 6.26 Å². The molecular weight excluding hydrogens is 210 g/mol. The molecule has 0 aliphatic rings. The summed E-state index contributed by atoms with van der Waals surface area (Å²) in [5.41, 5.74) is 0.359. The Hall–Kier alpha value is -1.10. The van der Waals surface area contributed by atoms with Crippen LogP contribution < -0.4 is 5.32 Å². The highest BCUT2D eigenvalue weighted by Crippen LogP contribution is 2.13. The number of carbonyl (C=O) groups is 1. The molecule has 0 fully saturated rings. The summed E-state index contributed by atoms with van der Waals surface area (Å²) in [6.45, 7) is 4.14. The first-order valence-corrected chi connectivity index (χ1v) is 6.03. The van der Waals surface area contributed by atoms with Gasteiger partial charge in [0.15, 0.2) is 0 Å². The van der Waals surface area contributed by atoms with Crippen molar-refractivity contribution in [3.05, 3.63) is 24.3 Å². The van der Waals surface area contributed by atoms with Gasteiger partial charge in [-0.15, -0.1) is 11.8 Å². The van der Waals surface area contributed by atoms with Crippen LogP contribution in [0, 0.1) is 5.92 Å². The molecule has 0 aliphatic carbocycles. The van der Waals surface area contributed by atoms with E-state index in [9.17, 15) is 4.79 Å². The zero-order valence-corrected chi connectivity index (χ0v) is 9.91. The summed E-state index contributed by atoms with van der Waals surface area (Å²) in [6, 6.07) is 0. The highest BCUT2D eigenvalue weighted by atomic mass is 32.2. The van der Waals surface area contributed by atoms with Gasteiger partial charge in [0.05, 0.1) is 11.6 Å². The number of rotatable bonds is 4. The third kappa shape index (κ3) is 3.51. The first kappa shape index (κ1) is 12.0. The maximum atomic E-state index is 11.7. The van der Waals surface area contributed by atoms with Gasteiger partial charge in [0, 0.05) is 12.4 Å². The normalized spacial score (nSPS) is 12.5. The maximum absolute atomic E-state index is 11.7. The van der Waals surface area contributed by atoms with Gasteiger partial charge in [-0.05, 0) is 12.2 Å². The summed E-state index contributed by atoms with van der Waals surface area (Å²) in [4.78, 5) is 19.5. The lowest BCUT2D eigenvalue weighted by Crippen LogP contribution is -2.36. The molecule has 1 amide bonds. The Bertz CT molecular complexity index is 316. The van der Waals surface area contributed by atoms with Gasteiger partial charge in [-0.2, -0.15) is 0 Å². The van der Waals surface area contributed by atoms with Crippen LogP contribution in [-0.4, -0.2) is 27.5 Å². The van der Waals surface area contributed by atoms with E-state index in [2.05, 4.69) is 29.1 Å². The third-order valence-corrected chi connectivity index (χ3v) is 3.10. The van der Waals surface area contributed by atoms with E-state index >= 15 is 0 Å². The molecule has 1 rings (SSSR count). The van der Waals surface area contributed by atoms with Crippen LogP contribution in [0.2, 0.25) is 0 Å². The molecule has 0 spiro atoms. The van der Waals surface area contributed by atoms with Gasteiger partial charge in [-0.1, -0.05) is 13.8 Å². The minimum absolute atomic E-state index is 0.111. The van der Waals surface area contributed by atoms with E-state index in [4.69, 9.17) is 0 Å². The Labute approximate surface area is 93.9 Å². The molecule has 1 atom stereocenters. The van der Waals surface area contributed by atoms with Crippen LogP contribution in [0.4, 0.5) is 0 Å². The number of carbonyl (C=O) groups excluding carboxylic acids is 1. The monoisotopic (exact) mass is 225 g/mol. The minimum Gasteiger partial charge on any atom is -0.339 e. The number of nitrogens with one attached hydrogen (secondary N) is 1. The summed E-state index contributed by atoms with van der Waals surface area (Å²) < 4.78 is 0. The molecule has 0 unspecified atom stereocenters.